The normalized spacial score (nSPS) is 25.7. The van der Waals surface area contributed by atoms with Gasteiger partial charge in [-0.1, -0.05) is 30.0 Å². The first-order chi connectivity index (χ1) is 16.5. The molecule has 9 nitrogen and oxygen atoms in total. The molecule has 0 aliphatic carbocycles. The molecule has 2 saturated heterocycles. The van der Waals surface area contributed by atoms with E-state index in [0.717, 1.165) is 22.3 Å². The molecule has 2 amide bonds. The first-order valence-corrected chi connectivity index (χ1v) is 11.8. The van der Waals surface area contributed by atoms with Gasteiger partial charge in [-0.3, -0.25) is 19.4 Å². The quantitative estimate of drug-likeness (QED) is 0.664. The second kappa shape index (κ2) is 9.51. The van der Waals surface area contributed by atoms with Crippen molar-refractivity contribution in [2.45, 2.75) is 24.4 Å². The largest absolute Gasteiger partial charge is 0.365 e. The number of ketones is 1. The van der Waals surface area contributed by atoms with Crippen molar-refractivity contribution in [2.24, 2.45) is 4.99 Å². The lowest BCUT2D eigenvalue weighted by molar-refractivity contribution is -0.135. The Hall–Kier alpha value is -3.31. The molecule has 1 unspecified atom stereocenters. The molecule has 5 rings (SSSR count). The minimum absolute atomic E-state index is 0.0437. The van der Waals surface area contributed by atoms with E-state index in [1.54, 1.807) is 30.1 Å². The van der Waals surface area contributed by atoms with Crippen molar-refractivity contribution in [2.75, 3.05) is 30.8 Å². The summed E-state index contributed by atoms with van der Waals surface area (Å²) >= 11 is 1.60. The fourth-order valence-corrected chi connectivity index (χ4v) is 5.19. The predicted octanol–water partition coefficient (Wildman–Crippen LogP) is 1.58. The number of anilines is 1. The van der Waals surface area contributed by atoms with Gasteiger partial charge >= 0.3 is 0 Å². The van der Waals surface area contributed by atoms with Crippen LogP contribution in [0.5, 0.6) is 0 Å². The Bertz CT molecular complexity index is 1130. The third-order valence-electron chi connectivity index (χ3n) is 5.95. The molecule has 2 N–H and O–H groups in total. The van der Waals surface area contributed by atoms with Gasteiger partial charge in [0.25, 0.3) is 5.91 Å². The Morgan fingerprint density at radius 3 is 2.79 bits per heavy atom. The molecule has 176 valence electrons. The molecule has 0 radical (unpaired) electrons. The Balaban J connectivity index is 1.15. The molecule has 0 spiro atoms. The van der Waals surface area contributed by atoms with Crippen LogP contribution < -0.4 is 10.6 Å². The monoisotopic (exact) mass is 483 g/mol. The van der Waals surface area contributed by atoms with E-state index in [-0.39, 0.29) is 31.5 Å². The number of carbonyl (C=O) groups excluding carboxylic acids is 3. The van der Waals surface area contributed by atoms with Gasteiger partial charge in [-0.2, -0.15) is 0 Å². The molecule has 0 saturated carbocycles. The second-order valence-corrected chi connectivity index (χ2v) is 9.16. The van der Waals surface area contributed by atoms with Gasteiger partial charge in [0.2, 0.25) is 5.91 Å². The zero-order chi connectivity index (χ0) is 23.7. The number of Topliss-reactive ketones (excluding diaryl/α,β-unsaturated/α-hetero) is 1. The Morgan fingerprint density at radius 1 is 1.21 bits per heavy atom. The number of likely N-dealkylation sites (tertiary alicyclic amines) is 1. The van der Waals surface area contributed by atoms with Crippen molar-refractivity contribution in [1.82, 2.24) is 15.2 Å². The number of aliphatic imine (C=N–C) groups is 1. The van der Waals surface area contributed by atoms with Crippen LogP contribution in [-0.2, 0) is 14.3 Å². The van der Waals surface area contributed by atoms with E-state index in [4.69, 9.17) is 4.74 Å². The van der Waals surface area contributed by atoms with E-state index in [1.165, 1.54) is 4.90 Å². The van der Waals surface area contributed by atoms with E-state index in [9.17, 15) is 18.8 Å². The standard InChI is InChI=1S/C23H22FN5O4S/c24-15-10-29(20-17(30)11-33-21(15)20)19(31)9-26-22(32)14-6-4-13(5-7-14)16-12-34-23(27-16)28-18-3-1-2-8-25-18/h1-8,15-16,20-21H,9-12H2,(H,26,32)(H,25,27,28)/t15-,16?,20+,21+/m0/s1. The molecular formula is C23H22FN5O4S. The molecule has 0 bridgehead atoms. The number of nitrogens with one attached hydrogen (secondary N) is 2. The number of halogens is 1. The van der Waals surface area contributed by atoms with Crippen LogP contribution in [0.25, 0.3) is 0 Å². The topological polar surface area (TPSA) is 113 Å². The molecule has 3 aliphatic rings. The number of aromatic nitrogens is 1. The summed E-state index contributed by atoms with van der Waals surface area (Å²) in [5.41, 5.74) is 1.36. The molecule has 4 heterocycles. The van der Waals surface area contributed by atoms with Crippen LogP contribution in [0, 0.1) is 0 Å². The number of amides is 2. The smallest absolute Gasteiger partial charge is 0.251 e. The van der Waals surface area contributed by atoms with E-state index in [2.05, 4.69) is 20.6 Å². The van der Waals surface area contributed by atoms with Gasteiger partial charge in [-0.15, -0.1) is 0 Å². The number of rotatable bonds is 5. The number of carbonyl (C=O) groups is 3. The van der Waals surface area contributed by atoms with Crippen LogP contribution in [0.3, 0.4) is 0 Å². The second-order valence-electron chi connectivity index (χ2n) is 8.15. The van der Waals surface area contributed by atoms with Crippen molar-refractivity contribution in [1.29, 1.82) is 0 Å². The maximum atomic E-state index is 14.0. The summed E-state index contributed by atoms with van der Waals surface area (Å²) in [7, 11) is 0. The number of hydrogen-bond donors (Lipinski definition) is 2. The van der Waals surface area contributed by atoms with Crippen LogP contribution in [0.2, 0.25) is 0 Å². The van der Waals surface area contributed by atoms with E-state index < -0.39 is 30.1 Å². The summed E-state index contributed by atoms with van der Waals surface area (Å²) in [5, 5.41) is 6.53. The highest BCUT2D eigenvalue weighted by Gasteiger charge is 2.52. The summed E-state index contributed by atoms with van der Waals surface area (Å²) in [6, 6.07) is 11.7. The van der Waals surface area contributed by atoms with Gasteiger partial charge in [-0.25, -0.2) is 9.37 Å². The Morgan fingerprint density at radius 2 is 2.03 bits per heavy atom. The number of ether oxygens (including phenoxy) is 1. The van der Waals surface area contributed by atoms with Crippen molar-refractivity contribution in [3.8, 4) is 0 Å². The fourth-order valence-electron chi connectivity index (χ4n) is 4.23. The van der Waals surface area contributed by atoms with Crippen molar-refractivity contribution in [3.05, 3.63) is 59.8 Å². The average Bonchev–Trinajstić information content (AvgIpc) is 3.56. The number of pyridine rings is 1. The van der Waals surface area contributed by atoms with E-state index in [0.29, 0.717) is 5.56 Å². The molecule has 2 aromatic rings. The molecule has 34 heavy (non-hydrogen) atoms. The summed E-state index contributed by atoms with van der Waals surface area (Å²) in [6.07, 6.45) is -0.602. The highest BCUT2D eigenvalue weighted by Crippen LogP contribution is 2.31. The van der Waals surface area contributed by atoms with Crippen LogP contribution in [0.15, 0.2) is 53.7 Å². The number of thioether (sulfide) groups is 1. The SMILES string of the molecule is O=C(NCC(=O)N1C[C@H](F)[C@H]2OCC(=O)[C@H]21)c1ccc(C2CSC(Nc3ccccn3)=N2)cc1. The molecular weight excluding hydrogens is 461 g/mol. The lowest BCUT2D eigenvalue weighted by atomic mass is 10.1. The minimum Gasteiger partial charge on any atom is -0.365 e. The van der Waals surface area contributed by atoms with Gasteiger partial charge < -0.3 is 20.3 Å². The number of nitrogens with zero attached hydrogens (tertiary/aromatic N) is 3. The van der Waals surface area contributed by atoms with E-state index >= 15 is 0 Å². The summed E-state index contributed by atoms with van der Waals surface area (Å²) in [4.78, 5) is 47.0. The first-order valence-electron chi connectivity index (χ1n) is 10.8. The molecule has 1 aromatic carbocycles. The van der Waals surface area contributed by atoms with Crippen LogP contribution in [0.4, 0.5) is 10.2 Å². The van der Waals surface area contributed by atoms with Gasteiger partial charge in [0, 0.05) is 17.5 Å². The van der Waals surface area contributed by atoms with Crippen molar-refractivity contribution < 1.29 is 23.5 Å². The van der Waals surface area contributed by atoms with Crippen LogP contribution in [-0.4, -0.2) is 76.4 Å². The number of amidine groups is 1. The van der Waals surface area contributed by atoms with Gasteiger partial charge in [-0.05, 0) is 29.8 Å². The van der Waals surface area contributed by atoms with Crippen LogP contribution in [0.1, 0.15) is 22.0 Å². The Labute approximate surface area is 199 Å². The van der Waals surface area contributed by atoms with Crippen LogP contribution >= 0.6 is 11.8 Å². The third-order valence-corrected chi connectivity index (χ3v) is 6.91. The number of benzene rings is 1. The lowest BCUT2D eigenvalue weighted by Gasteiger charge is -2.21. The summed E-state index contributed by atoms with van der Waals surface area (Å²) in [5.74, 6) is 0.247. The fraction of sp³-hybridized carbons (Fsp3) is 0.348. The van der Waals surface area contributed by atoms with Gasteiger partial charge in [0.05, 0.1) is 19.1 Å². The Kier molecular flexibility index (Phi) is 6.29. The molecule has 1 aromatic heterocycles. The minimum atomic E-state index is -1.40. The average molecular weight is 484 g/mol. The lowest BCUT2D eigenvalue weighted by Crippen LogP contribution is -2.46. The number of hydrogen-bond acceptors (Lipinski definition) is 8. The number of fused-ring (bicyclic) bond motifs is 1. The molecule has 4 atom stereocenters. The highest BCUT2D eigenvalue weighted by atomic mass is 32.2. The summed E-state index contributed by atoms with van der Waals surface area (Å²) < 4.78 is 19.2. The van der Waals surface area contributed by atoms with E-state index in [1.807, 2.05) is 30.3 Å². The zero-order valence-electron chi connectivity index (χ0n) is 18.0. The summed E-state index contributed by atoms with van der Waals surface area (Å²) in [6.45, 7) is -0.722. The highest BCUT2D eigenvalue weighted by molar-refractivity contribution is 8.14. The predicted molar refractivity (Wildman–Crippen MR) is 124 cm³/mol. The maximum Gasteiger partial charge on any atom is 0.251 e. The zero-order valence-corrected chi connectivity index (χ0v) is 18.8. The number of alkyl halides is 1. The maximum absolute atomic E-state index is 14.0. The van der Waals surface area contributed by atoms with Crippen molar-refractivity contribution in [3.63, 3.8) is 0 Å². The van der Waals surface area contributed by atoms with Crippen molar-refractivity contribution >= 4 is 40.3 Å². The molecule has 3 aliphatic heterocycles. The molecule has 11 heteroatoms. The third kappa shape index (κ3) is 4.53. The van der Waals surface area contributed by atoms with Gasteiger partial charge in [0.1, 0.15) is 30.7 Å². The first kappa shape index (κ1) is 22.5. The van der Waals surface area contributed by atoms with Gasteiger partial charge in [0.15, 0.2) is 11.0 Å². The molecule has 2 fully saturated rings.